The van der Waals surface area contributed by atoms with Crippen molar-refractivity contribution in [2.45, 2.75) is 32.0 Å². The van der Waals surface area contributed by atoms with Gasteiger partial charge in [0.05, 0.1) is 18.3 Å². The van der Waals surface area contributed by atoms with Crippen LogP contribution < -0.4 is 5.73 Å². The highest BCUT2D eigenvalue weighted by atomic mass is 19.4. The minimum atomic E-state index is -4.49. The highest BCUT2D eigenvalue weighted by Crippen LogP contribution is 2.33. The molecule has 0 saturated carbocycles. The molecule has 1 atom stereocenters. The summed E-state index contributed by atoms with van der Waals surface area (Å²) in [5.74, 6) is 0. The van der Waals surface area contributed by atoms with E-state index >= 15 is 0 Å². The SMILES string of the molecule is CCC(COC)n1nnc(CCN)c1C(F)(F)F. The first-order chi connectivity index (χ1) is 8.45. The molecule has 1 unspecified atom stereocenters. The molecule has 1 heterocycles. The van der Waals surface area contributed by atoms with E-state index in [1.807, 2.05) is 0 Å². The molecule has 0 saturated heterocycles. The van der Waals surface area contributed by atoms with Crippen molar-refractivity contribution < 1.29 is 17.9 Å². The highest BCUT2D eigenvalue weighted by molar-refractivity contribution is 5.15. The normalized spacial score (nSPS) is 13.9. The Bertz CT molecular complexity index is 378. The van der Waals surface area contributed by atoms with Crippen molar-refractivity contribution in [2.24, 2.45) is 5.73 Å². The number of alkyl halides is 3. The molecule has 1 rings (SSSR count). The number of hydrogen-bond donors (Lipinski definition) is 1. The smallest absolute Gasteiger partial charge is 0.382 e. The van der Waals surface area contributed by atoms with Gasteiger partial charge in [0.15, 0.2) is 5.69 Å². The molecule has 104 valence electrons. The third kappa shape index (κ3) is 3.20. The van der Waals surface area contributed by atoms with Crippen LogP contribution >= 0.6 is 0 Å². The molecular formula is C10H17F3N4O. The summed E-state index contributed by atoms with van der Waals surface area (Å²) in [4.78, 5) is 0. The number of aromatic nitrogens is 3. The second kappa shape index (κ2) is 6.14. The first-order valence-electron chi connectivity index (χ1n) is 5.65. The predicted octanol–water partition coefficient (Wildman–Crippen LogP) is 1.40. The molecule has 0 bridgehead atoms. The number of nitrogens with two attached hydrogens (primary N) is 1. The van der Waals surface area contributed by atoms with Gasteiger partial charge in [0, 0.05) is 13.5 Å². The number of ether oxygens (including phenoxy) is 1. The van der Waals surface area contributed by atoms with Crippen molar-refractivity contribution in [1.29, 1.82) is 0 Å². The van der Waals surface area contributed by atoms with Crippen molar-refractivity contribution in [3.05, 3.63) is 11.4 Å². The molecular weight excluding hydrogens is 249 g/mol. The van der Waals surface area contributed by atoms with Gasteiger partial charge in [0.25, 0.3) is 0 Å². The van der Waals surface area contributed by atoms with Gasteiger partial charge in [-0.15, -0.1) is 5.10 Å². The van der Waals surface area contributed by atoms with Crippen LogP contribution in [0.15, 0.2) is 0 Å². The second-order valence-electron chi connectivity index (χ2n) is 3.88. The van der Waals surface area contributed by atoms with Gasteiger partial charge in [0.1, 0.15) is 0 Å². The molecule has 1 aromatic rings. The summed E-state index contributed by atoms with van der Waals surface area (Å²) in [6.07, 6.45) is -3.96. The van der Waals surface area contributed by atoms with Gasteiger partial charge >= 0.3 is 6.18 Å². The molecule has 0 radical (unpaired) electrons. The van der Waals surface area contributed by atoms with Gasteiger partial charge in [-0.25, -0.2) is 4.68 Å². The first kappa shape index (κ1) is 14.9. The third-order valence-electron chi connectivity index (χ3n) is 2.59. The predicted molar refractivity (Wildman–Crippen MR) is 59.0 cm³/mol. The Morgan fingerprint density at radius 1 is 1.44 bits per heavy atom. The van der Waals surface area contributed by atoms with E-state index in [1.54, 1.807) is 6.92 Å². The molecule has 0 aromatic carbocycles. The molecule has 18 heavy (non-hydrogen) atoms. The number of nitrogens with zero attached hydrogens (tertiary/aromatic N) is 3. The summed E-state index contributed by atoms with van der Waals surface area (Å²) >= 11 is 0. The Hall–Kier alpha value is -1.15. The minimum Gasteiger partial charge on any atom is -0.382 e. The largest absolute Gasteiger partial charge is 0.434 e. The maximum atomic E-state index is 13.0. The van der Waals surface area contributed by atoms with Crippen LogP contribution in [0.3, 0.4) is 0 Å². The summed E-state index contributed by atoms with van der Waals surface area (Å²) in [5, 5.41) is 7.18. The fourth-order valence-electron chi connectivity index (χ4n) is 1.73. The van der Waals surface area contributed by atoms with Gasteiger partial charge < -0.3 is 10.5 Å². The van der Waals surface area contributed by atoms with Gasteiger partial charge in [-0.3, -0.25) is 0 Å². The van der Waals surface area contributed by atoms with Crippen molar-refractivity contribution in [3.63, 3.8) is 0 Å². The van der Waals surface area contributed by atoms with E-state index in [0.29, 0.717) is 6.42 Å². The summed E-state index contributed by atoms with van der Waals surface area (Å²) < 4.78 is 44.9. The van der Waals surface area contributed by atoms with Gasteiger partial charge in [-0.05, 0) is 13.0 Å². The Morgan fingerprint density at radius 3 is 2.56 bits per heavy atom. The van der Waals surface area contributed by atoms with Crippen molar-refractivity contribution >= 4 is 0 Å². The first-order valence-corrected chi connectivity index (χ1v) is 5.65. The van der Waals surface area contributed by atoms with E-state index in [2.05, 4.69) is 10.3 Å². The topological polar surface area (TPSA) is 66.0 Å². The van der Waals surface area contributed by atoms with Crippen LogP contribution in [0, 0.1) is 0 Å². The number of hydrogen-bond acceptors (Lipinski definition) is 4. The molecule has 8 heteroatoms. The summed E-state index contributed by atoms with van der Waals surface area (Å²) in [6, 6.07) is -0.481. The lowest BCUT2D eigenvalue weighted by molar-refractivity contribution is -0.146. The minimum absolute atomic E-state index is 0.0538. The Kier molecular flexibility index (Phi) is 5.09. The molecule has 0 fully saturated rings. The molecule has 5 nitrogen and oxygen atoms in total. The zero-order valence-corrected chi connectivity index (χ0v) is 10.4. The average molecular weight is 266 g/mol. The third-order valence-corrected chi connectivity index (χ3v) is 2.59. The molecule has 0 aliphatic rings. The maximum absolute atomic E-state index is 13.0. The molecule has 0 aliphatic heterocycles. The van der Waals surface area contributed by atoms with E-state index in [9.17, 15) is 13.2 Å². The number of rotatable bonds is 6. The van der Waals surface area contributed by atoms with Crippen molar-refractivity contribution in [1.82, 2.24) is 15.0 Å². The van der Waals surface area contributed by atoms with E-state index in [0.717, 1.165) is 4.68 Å². The fourth-order valence-corrected chi connectivity index (χ4v) is 1.73. The van der Waals surface area contributed by atoms with Gasteiger partial charge in [-0.1, -0.05) is 12.1 Å². The highest BCUT2D eigenvalue weighted by Gasteiger charge is 2.40. The average Bonchev–Trinajstić information content (AvgIpc) is 2.69. The summed E-state index contributed by atoms with van der Waals surface area (Å²) in [7, 11) is 1.44. The van der Waals surface area contributed by atoms with Crippen LogP contribution in [0.2, 0.25) is 0 Å². The Labute approximate surface area is 103 Å². The summed E-state index contributed by atoms with van der Waals surface area (Å²) in [6.45, 7) is 2.03. The zero-order chi connectivity index (χ0) is 13.8. The van der Waals surface area contributed by atoms with Crippen LogP contribution in [0.1, 0.15) is 30.8 Å². The Balaban J connectivity index is 3.18. The van der Waals surface area contributed by atoms with Crippen LogP contribution in [0.5, 0.6) is 0 Å². The van der Waals surface area contributed by atoms with Crippen LogP contribution in [-0.2, 0) is 17.3 Å². The fraction of sp³-hybridized carbons (Fsp3) is 0.800. The molecule has 2 N–H and O–H groups in total. The maximum Gasteiger partial charge on any atom is 0.434 e. The quantitative estimate of drug-likeness (QED) is 0.845. The van der Waals surface area contributed by atoms with E-state index < -0.39 is 17.9 Å². The zero-order valence-electron chi connectivity index (χ0n) is 10.4. The molecule has 1 aromatic heterocycles. The second-order valence-corrected chi connectivity index (χ2v) is 3.88. The lowest BCUT2D eigenvalue weighted by atomic mass is 10.2. The number of halogens is 3. The number of methoxy groups -OCH3 is 1. The molecule has 0 spiro atoms. The molecule has 0 amide bonds. The molecule has 0 aliphatic carbocycles. The monoisotopic (exact) mass is 266 g/mol. The van der Waals surface area contributed by atoms with Crippen LogP contribution in [0.25, 0.3) is 0 Å². The van der Waals surface area contributed by atoms with Gasteiger partial charge in [0.2, 0.25) is 0 Å². The van der Waals surface area contributed by atoms with Crippen molar-refractivity contribution in [2.75, 3.05) is 20.3 Å². The van der Waals surface area contributed by atoms with E-state index in [4.69, 9.17) is 10.5 Å². The van der Waals surface area contributed by atoms with Gasteiger partial charge in [-0.2, -0.15) is 13.2 Å². The lowest BCUT2D eigenvalue weighted by Crippen LogP contribution is -2.23. The van der Waals surface area contributed by atoms with E-state index in [1.165, 1.54) is 7.11 Å². The van der Waals surface area contributed by atoms with Crippen LogP contribution in [-0.4, -0.2) is 35.3 Å². The standard InChI is InChI=1S/C10H17F3N4O/c1-3-7(6-18-2)17-9(10(11,12)13)8(4-5-14)15-16-17/h7H,3-6,14H2,1-2H3. The lowest BCUT2D eigenvalue weighted by Gasteiger charge is -2.18. The summed E-state index contributed by atoms with van der Waals surface area (Å²) in [5.41, 5.74) is 4.35. The van der Waals surface area contributed by atoms with Crippen LogP contribution in [0.4, 0.5) is 13.2 Å². The van der Waals surface area contributed by atoms with Crippen molar-refractivity contribution in [3.8, 4) is 0 Å². The van der Waals surface area contributed by atoms with E-state index in [-0.39, 0.29) is 25.3 Å². The Morgan fingerprint density at radius 2 is 2.11 bits per heavy atom.